The summed E-state index contributed by atoms with van der Waals surface area (Å²) in [5.41, 5.74) is 3.47. The molecule has 7 nitrogen and oxygen atoms in total. The molecule has 1 atom stereocenters. The number of rotatable bonds is 5. The Labute approximate surface area is 184 Å². The molecular formula is C22H23FN6OS. The largest absolute Gasteiger partial charge is 0.353 e. The van der Waals surface area contributed by atoms with Crippen LogP contribution in [0.1, 0.15) is 28.0 Å². The highest BCUT2D eigenvalue weighted by Crippen LogP contribution is 2.31. The molecule has 160 valence electrons. The van der Waals surface area contributed by atoms with E-state index in [-0.39, 0.29) is 11.7 Å². The highest BCUT2D eigenvalue weighted by molar-refractivity contribution is 7.96. The van der Waals surface area contributed by atoms with Crippen LogP contribution in [-0.4, -0.2) is 46.1 Å². The maximum atomic E-state index is 14.6. The van der Waals surface area contributed by atoms with Crippen molar-refractivity contribution in [3.63, 3.8) is 0 Å². The van der Waals surface area contributed by atoms with Gasteiger partial charge in [0.25, 0.3) is 5.91 Å². The predicted molar refractivity (Wildman–Crippen MR) is 120 cm³/mol. The van der Waals surface area contributed by atoms with E-state index in [1.165, 1.54) is 6.07 Å². The van der Waals surface area contributed by atoms with Gasteiger partial charge in [-0.05, 0) is 37.3 Å². The molecule has 3 aromatic rings. The number of carbonyl (C=O) groups is 1. The molecule has 2 N–H and O–H groups in total. The van der Waals surface area contributed by atoms with Gasteiger partial charge in [0.2, 0.25) is 0 Å². The smallest absolute Gasteiger partial charge is 0.255 e. The van der Waals surface area contributed by atoms with Crippen molar-refractivity contribution in [3.8, 4) is 16.9 Å². The minimum Gasteiger partial charge on any atom is -0.353 e. The normalized spacial score (nSPS) is 17.8. The molecule has 1 fully saturated rings. The van der Waals surface area contributed by atoms with Gasteiger partial charge in [0.1, 0.15) is 5.82 Å². The molecule has 0 radical (unpaired) electrons. The van der Waals surface area contributed by atoms with E-state index in [1.807, 2.05) is 31.5 Å². The zero-order chi connectivity index (χ0) is 21.5. The van der Waals surface area contributed by atoms with Crippen LogP contribution in [-0.2, 0) is 6.54 Å². The number of nitrogens with one attached hydrogen (secondary N) is 2. The van der Waals surface area contributed by atoms with Crippen LogP contribution in [0, 0.1) is 12.7 Å². The van der Waals surface area contributed by atoms with Crippen molar-refractivity contribution in [3.05, 3.63) is 59.2 Å². The van der Waals surface area contributed by atoms with E-state index in [1.54, 1.807) is 28.8 Å². The second-order valence-electron chi connectivity index (χ2n) is 7.83. The molecule has 9 heteroatoms. The summed E-state index contributed by atoms with van der Waals surface area (Å²) in [5, 5.41) is 7.58. The van der Waals surface area contributed by atoms with Crippen molar-refractivity contribution < 1.29 is 9.18 Å². The molecule has 0 saturated carbocycles. The lowest BCUT2D eigenvalue weighted by atomic mass is 10.0. The average molecular weight is 439 g/mol. The van der Waals surface area contributed by atoms with Crippen LogP contribution in [0.4, 0.5) is 10.2 Å². The summed E-state index contributed by atoms with van der Waals surface area (Å²) in [7, 11) is 0. The minimum absolute atomic E-state index is 0.184. The lowest BCUT2D eigenvalue weighted by molar-refractivity contribution is 0.0965. The maximum Gasteiger partial charge on any atom is 0.255 e. The molecule has 2 aliphatic heterocycles. The Bertz CT molecular complexity index is 1140. The van der Waals surface area contributed by atoms with Gasteiger partial charge in [0.15, 0.2) is 5.82 Å². The molecule has 1 amide bonds. The standard InChI is InChI=1S/C22H23FN6OS/c1-13-4-3-5-15(23)20(13)16-10-18(21-17(25-16)11-24-22(21)30)29-9-7-19(26-29)28-8-6-14(12-28)27-31-2/h3-5,7,9-10,14,27H,6,8,11-12H2,1-2H3,(H,24,30). The van der Waals surface area contributed by atoms with E-state index in [2.05, 4.69) is 19.9 Å². The Kier molecular flexibility index (Phi) is 5.15. The van der Waals surface area contributed by atoms with Crippen LogP contribution in [0.15, 0.2) is 36.5 Å². The number of hydrogen-bond donors (Lipinski definition) is 2. The van der Waals surface area contributed by atoms with Crippen LogP contribution >= 0.6 is 11.9 Å². The molecule has 1 unspecified atom stereocenters. The number of nitrogens with zero attached hydrogens (tertiary/aromatic N) is 4. The van der Waals surface area contributed by atoms with Crippen molar-refractivity contribution in [1.29, 1.82) is 0 Å². The molecule has 0 bridgehead atoms. The Morgan fingerprint density at radius 3 is 2.97 bits per heavy atom. The van der Waals surface area contributed by atoms with Gasteiger partial charge >= 0.3 is 0 Å². The van der Waals surface area contributed by atoms with E-state index in [4.69, 9.17) is 5.10 Å². The fourth-order valence-electron chi connectivity index (χ4n) is 4.32. The number of anilines is 1. The fourth-order valence-corrected chi connectivity index (χ4v) is 4.85. The van der Waals surface area contributed by atoms with Gasteiger partial charge in [-0.1, -0.05) is 24.1 Å². The number of carbonyl (C=O) groups excluding carboxylic acids is 1. The van der Waals surface area contributed by atoms with Crippen molar-refractivity contribution in [2.75, 3.05) is 24.2 Å². The molecule has 2 aromatic heterocycles. The molecule has 0 spiro atoms. The van der Waals surface area contributed by atoms with Gasteiger partial charge in [-0.2, -0.15) is 5.10 Å². The minimum atomic E-state index is -0.332. The number of halogens is 1. The topological polar surface area (TPSA) is 75.1 Å². The van der Waals surface area contributed by atoms with E-state index in [9.17, 15) is 9.18 Å². The number of amides is 1. The van der Waals surface area contributed by atoms with Gasteiger partial charge in [-0.25, -0.2) is 14.1 Å². The first-order chi connectivity index (χ1) is 15.0. The first-order valence-corrected chi connectivity index (χ1v) is 11.4. The third-order valence-corrected chi connectivity index (χ3v) is 6.38. The molecule has 5 rings (SSSR count). The third-order valence-electron chi connectivity index (χ3n) is 5.81. The van der Waals surface area contributed by atoms with E-state index < -0.39 is 0 Å². The molecule has 31 heavy (non-hydrogen) atoms. The average Bonchev–Trinajstić information content (AvgIpc) is 3.48. The SMILES string of the molecule is CSNC1CCN(c2ccn(-c3cc(-c4c(C)cccc4F)nc4c3C(=O)NC4)n2)C1. The van der Waals surface area contributed by atoms with Crippen LogP contribution in [0.3, 0.4) is 0 Å². The van der Waals surface area contributed by atoms with Crippen molar-refractivity contribution >= 4 is 23.7 Å². The van der Waals surface area contributed by atoms with Crippen molar-refractivity contribution in [2.24, 2.45) is 0 Å². The summed E-state index contributed by atoms with van der Waals surface area (Å²) < 4.78 is 19.8. The summed E-state index contributed by atoms with van der Waals surface area (Å²) in [6.45, 7) is 3.98. The molecule has 0 aliphatic carbocycles. The highest BCUT2D eigenvalue weighted by Gasteiger charge is 2.29. The maximum absolute atomic E-state index is 14.6. The van der Waals surface area contributed by atoms with Gasteiger partial charge < -0.3 is 10.2 Å². The van der Waals surface area contributed by atoms with E-state index in [0.29, 0.717) is 40.8 Å². The third kappa shape index (κ3) is 3.57. The first kappa shape index (κ1) is 20.0. The number of benzene rings is 1. The second-order valence-corrected chi connectivity index (χ2v) is 8.48. The Hall–Kier alpha value is -2.91. The van der Waals surface area contributed by atoms with Crippen LogP contribution < -0.4 is 14.9 Å². The Balaban J connectivity index is 1.56. The number of aryl methyl sites for hydroxylation is 1. The lowest BCUT2D eigenvalue weighted by Crippen LogP contribution is -2.28. The lowest BCUT2D eigenvalue weighted by Gasteiger charge is -2.16. The summed E-state index contributed by atoms with van der Waals surface area (Å²) in [6, 6.07) is 9.10. The van der Waals surface area contributed by atoms with Gasteiger partial charge in [-0.15, -0.1) is 0 Å². The number of hydrogen-bond acceptors (Lipinski definition) is 6. The molecule has 1 saturated heterocycles. The number of aromatic nitrogens is 3. The van der Waals surface area contributed by atoms with Crippen LogP contribution in [0.2, 0.25) is 0 Å². The van der Waals surface area contributed by atoms with Gasteiger partial charge in [-0.3, -0.25) is 9.52 Å². The van der Waals surface area contributed by atoms with Crippen molar-refractivity contribution in [1.82, 2.24) is 24.8 Å². The van der Waals surface area contributed by atoms with Gasteiger partial charge in [0, 0.05) is 37.0 Å². The quantitative estimate of drug-likeness (QED) is 0.597. The summed E-state index contributed by atoms with van der Waals surface area (Å²) in [4.78, 5) is 19.4. The number of fused-ring (bicyclic) bond motifs is 1. The Morgan fingerprint density at radius 1 is 1.29 bits per heavy atom. The van der Waals surface area contributed by atoms with Gasteiger partial charge in [0.05, 0.1) is 29.2 Å². The van der Waals surface area contributed by atoms with Crippen LogP contribution in [0.5, 0.6) is 0 Å². The molecule has 4 heterocycles. The zero-order valence-electron chi connectivity index (χ0n) is 17.4. The summed E-state index contributed by atoms with van der Waals surface area (Å²) in [5.74, 6) is 0.344. The monoisotopic (exact) mass is 438 g/mol. The van der Waals surface area contributed by atoms with Crippen LogP contribution in [0.25, 0.3) is 16.9 Å². The van der Waals surface area contributed by atoms with E-state index >= 15 is 0 Å². The number of pyridine rings is 1. The van der Waals surface area contributed by atoms with E-state index in [0.717, 1.165) is 30.9 Å². The van der Waals surface area contributed by atoms with Crippen molar-refractivity contribution in [2.45, 2.75) is 25.9 Å². The summed E-state index contributed by atoms with van der Waals surface area (Å²) in [6.07, 6.45) is 4.93. The molecule has 1 aromatic carbocycles. The first-order valence-electron chi connectivity index (χ1n) is 10.2. The zero-order valence-corrected chi connectivity index (χ0v) is 18.2. The predicted octanol–water partition coefficient (Wildman–Crippen LogP) is 3.07. The fraction of sp³-hybridized carbons (Fsp3) is 0.318. The molecule has 2 aliphatic rings. The second kappa shape index (κ2) is 7.97. The highest BCUT2D eigenvalue weighted by atomic mass is 32.2. The molecular weight excluding hydrogens is 415 g/mol. The summed E-state index contributed by atoms with van der Waals surface area (Å²) >= 11 is 1.63. The Morgan fingerprint density at radius 2 is 2.16 bits per heavy atom.